The van der Waals surface area contributed by atoms with Crippen molar-refractivity contribution in [3.63, 3.8) is 0 Å². The lowest BCUT2D eigenvalue weighted by Gasteiger charge is -2.36. The van der Waals surface area contributed by atoms with Crippen LogP contribution in [0.5, 0.6) is 0 Å². The lowest BCUT2D eigenvalue weighted by molar-refractivity contribution is -0.123. The Morgan fingerprint density at radius 1 is 1.19 bits per heavy atom. The minimum atomic E-state index is 0.188. The van der Waals surface area contributed by atoms with Gasteiger partial charge in [-0.2, -0.15) is 0 Å². The Bertz CT molecular complexity index is 390. The van der Waals surface area contributed by atoms with E-state index in [0.29, 0.717) is 17.5 Å². The van der Waals surface area contributed by atoms with E-state index in [1.165, 1.54) is 5.57 Å². The Balaban J connectivity index is 1.99. The van der Waals surface area contributed by atoms with Crippen molar-refractivity contribution in [1.29, 1.82) is 0 Å². The number of carbonyl (C=O) groups excluding carboxylic acids is 1. The van der Waals surface area contributed by atoms with Crippen LogP contribution < -0.4 is 0 Å². The molecule has 0 aromatic heterocycles. The SMILES string of the molecule is O=C1CCCC2=CC3=C(O)CCCC3CC12. The summed E-state index contributed by atoms with van der Waals surface area (Å²) in [5, 5.41) is 9.91. The Morgan fingerprint density at radius 2 is 2.06 bits per heavy atom. The van der Waals surface area contributed by atoms with Crippen molar-refractivity contribution in [3.8, 4) is 0 Å². The van der Waals surface area contributed by atoms with Crippen LogP contribution in [0.4, 0.5) is 0 Å². The Hall–Kier alpha value is -1.05. The molecular weight excluding hydrogens is 200 g/mol. The van der Waals surface area contributed by atoms with Crippen LogP contribution in [0.2, 0.25) is 0 Å². The first-order valence-electron chi connectivity index (χ1n) is 6.41. The van der Waals surface area contributed by atoms with Crippen molar-refractivity contribution in [2.24, 2.45) is 11.8 Å². The molecule has 3 rings (SSSR count). The first kappa shape index (κ1) is 10.1. The second kappa shape index (κ2) is 3.76. The van der Waals surface area contributed by atoms with E-state index in [-0.39, 0.29) is 5.92 Å². The van der Waals surface area contributed by atoms with Crippen molar-refractivity contribution in [2.75, 3.05) is 0 Å². The van der Waals surface area contributed by atoms with Crippen LogP contribution in [-0.4, -0.2) is 10.9 Å². The zero-order chi connectivity index (χ0) is 11.1. The molecule has 1 N–H and O–H groups in total. The molecule has 16 heavy (non-hydrogen) atoms. The molecule has 0 saturated heterocycles. The maximum absolute atomic E-state index is 11.9. The van der Waals surface area contributed by atoms with E-state index in [0.717, 1.165) is 50.5 Å². The van der Waals surface area contributed by atoms with Gasteiger partial charge >= 0.3 is 0 Å². The lowest BCUT2D eigenvalue weighted by atomic mass is 9.68. The molecule has 3 aliphatic carbocycles. The van der Waals surface area contributed by atoms with Crippen molar-refractivity contribution >= 4 is 5.78 Å². The van der Waals surface area contributed by atoms with Gasteiger partial charge in [-0.25, -0.2) is 0 Å². The topological polar surface area (TPSA) is 37.3 Å². The fourth-order valence-corrected chi connectivity index (χ4v) is 3.46. The van der Waals surface area contributed by atoms with Crippen molar-refractivity contribution in [2.45, 2.75) is 44.9 Å². The van der Waals surface area contributed by atoms with Crippen LogP contribution in [0.3, 0.4) is 0 Å². The average molecular weight is 218 g/mol. The molecule has 0 aromatic rings. The summed E-state index contributed by atoms with van der Waals surface area (Å²) in [4.78, 5) is 11.9. The number of carbonyl (C=O) groups is 1. The molecule has 1 fully saturated rings. The normalized spacial score (nSPS) is 34.2. The molecule has 0 aromatic carbocycles. The van der Waals surface area contributed by atoms with Crippen LogP contribution in [-0.2, 0) is 4.79 Å². The molecule has 0 amide bonds. The third-order valence-electron chi connectivity index (χ3n) is 4.33. The van der Waals surface area contributed by atoms with Crippen LogP contribution in [0.25, 0.3) is 0 Å². The van der Waals surface area contributed by atoms with Gasteiger partial charge < -0.3 is 5.11 Å². The molecule has 1 saturated carbocycles. The number of fused-ring (bicyclic) bond motifs is 2. The van der Waals surface area contributed by atoms with Gasteiger partial charge in [0.25, 0.3) is 0 Å². The molecular formula is C14H18O2. The van der Waals surface area contributed by atoms with E-state index in [4.69, 9.17) is 0 Å². The number of hydrogen-bond donors (Lipinski definition) is 1. The molecule has 2 heteroatoms. The standard InChI is InChI=1S/C14H18O2/c15-13-5-1-3-9-7-12-10(8-11(9)13)4-2-6-14(12)16/h7,10-11,16H,1-6,8H2. The number of Topliss-reactive ketones (excluding diaryl/α,β-unsaturated/α-hetero) is 1. The smallest absolute Gasteiger partial charge is 0.140 e. The molecule has 3 aliphatic rings. The average Bonchev–Trinajstić information content (AvgIpc) is 2.29. The fourth-order valence-electron chi connectivity index (χ4n) is 3.46. The van der Waals surface area contributed by atoms with Gasteiger partial charge in [-0.05, 0) is 43.6 Å². The quantitative estimate of drug-likeness (QED) is 0.677. The third-order valence-corrected chi connectivity index (χ3v) is 4.33. The summed E-state index contributed by atoms with van der Waals surface area (Å²) in [6.45, 7) is 0. The van der Waals surface area contributed by atoms with Gasteiger partial charge in [0.1, 0.15) is 5.78 Å². The van der Waals surface area contributed by atoms with Gasteiger partial charge in [-0.1, -0.05) is 11.6 Å². The van der Waals surface area contributed by atoms with Crippen molar-refractivity contribution in [3.05, 3.63) is 23.0 Å². The maximum Gasteiger partial charge on any atom is 0.140 e. The van der Waals surface area contributed by atoms with E-state index in [1.54, 1.807) is 0 Å². The van der Waals surface area contributed by atoms with E-state index in [1.807, 2.05) is 0 Å². The van der Waals surface area contributed by atoms with E-state index >= 15 is 0 Å². The summed E-state index contributed by atoms with van der Waals surface area (Å²) in [5.41, 5.74) is 2.43. The molecule has 2 atom stereocenters. The summed E-state index contributed by atoms with van der Waals surface area (Å²) in [7, 11) is 0. The van der Waals surface area contributed by atoms with Crippen LogP contribution in [0.1, 0.15) is 44.9 Å². The lowest BCUT2D eigenvalue weighted by Crippen LogP contribution is -2.29. The molecule has 86 valence electrons. The fraction of sp³-hybridized carbons (Fsp3) is 0.643. The number of rotatable bonds is 0. The Labute approximate surface area is 96.0 Å². The highest BCUT2D eigenvalue weighted by molar-refractivity contribution is 5.85. The van der Waals surface area contributed by atoms with Crippen LogP contribution >= 0.6 is 0 Å². The highest BCUT2D eigenvalue weighted by Gasteiger charge is 2.36. The van der Waals surface area contributed by atoms with E-state index < -0.39 is 0 Å². The van der Waals surface area contributed by atoms with Gasteiger partial charge in [-0.3, -0.25) is 4.79 Å². The monoisotopic (exact) mass is 218 g/mol. The van der Waals surface area contributed by atoms with Gasteiger partial charge in [0.15, 0.2) is 0 Å². The zero-order valence-corrected chi connectivity index (χ0v) is 9.54. The third kappa shape index (κ3) is 1.51. The first-order valence-corrected chi connectivity index (χ1v) is 6.41. The molecule has 2 unspecified atom stereocenters. The first-order chi connectivity index (χ1) is 7.75. The second-order valence-electron chi connectivity index (χ2n) is 5.32. The highest BCUT2D eigenvalue weighted by Crippen LogP contribution is 2.44. The minimum Gasteiger partial charge on any atom is -0.512 e. The van der Waals surface area contributed by atoms with Crippen LogP contribution in [0, 0.1) is 11.8 Å². The number of ketones is 1. The molecule has 0 aliphatic heterocycles. The number of aliphatic hydroxyl groups is 1. The second-order valence-corrected chi connectivity index (χ2v) is 5.32. The van der Waals surface area contributed by atoms with Gasteiger partial charge in [0.05, 0.1) is 5.76 Å². The van der Waals surface area contributed by atoms with E-state index in [9.17, 15) is 9.90 Å². The Kier molecular flexibility index (Phi) is 2.38. The molecule has 0 spiro atoms. The van der Waals surface area contributed by atoms with Gasteiger partial charge in [-0.15, -0.1) is 0 Å². The summed E-state index contributed by atoms with van der Waals surface area (Å²) >= 11 is 0. The maximum atomic E-state index is 11.9. The van der Waals surface area contributed by atoms with Gasteiger partial charge in [0, 0.05) is 18.8 Å². The summed E-state index contributed by atoms with van der Waals surface area (Å²) in [6.07, 6.45) is 8.97. The predicted molar refractivity (Wildman–Crippen MR) is 62.0 cm³/mol. The minimum absolute atomic E-state index is 0.188. The van der Waals surface area contributed by atoms with Crippen molar-refractivity contribution in [1.82, 2.24) is 0 Å². The molecule has 0 bridgehead atoms. The van der Waals surface area contributed by atoms with Gasteiger partial charge in [0.2, 0.25) is 0 Å². The number of allylic oxidation sites excluding steroid dienone is 4. The molecule has 0 heterocycles. The van der Waals surface area contributed by atoms with E-state index in [2.05, 4.69) is 6.08 Å². The summed E-state index contributed by atoms with van der Waals surface area (Å²) in [5.74, 6) is 1.65. The molecule has 0 radical (unpaired) electrons. The van der Waals surface area contributed by atoms with Crippen LogP contribution in [0.15, 0.2) is 23.0 Å². The van der Waals surface area contributed by atoms with Crippen molar-refractivity contribution < 1.29 is 9.90 Å². The highest BCUT2D eigenvalue weighted by atomic mass is 16.3. The Morgan fingerprint density at radius 3 is 2.94 bits per heavy atom. The summed E-state index contributed by atoms with van der Waals surface area (Å²) in [6, 6.07) is 0. The number of hydrogen-bond acceptors (Lipinski definition) is 2. The summed E-state index contributed by atoms with van der Waals surface area (Å²) < 4.78 is 0. The zero-order valence-electron chi connectivity index (χ0n) is 9.54. The largest absolute Gasteiger partial charge is 0.512 e. The number of aliphatic hydroxyl groups excluding tert-OH is 1. The molecule has 2 nitrogen and oxygen atoms in total. The predicted octanol–water partition coefficient (Wildman–Crippen LogP) is 3.30.